The normalized spacial score (nSPS) is 13.1. The van der Waals surface area contributed by atoms with Crippen LogP contribution in [0.3, 0.4) is 0 Å². The van der Waals surface area contributed by atoms with Crippen molar-refractivity contribution in [1.82, 2.24) is 20.0 Å². The number of phenolic OH excluding ortho intramolecular Hbond substituents is 2. The fourth-order valence-electron chi connectivity index (χ4n) is 4.62. The second-order valence-corrected chi connectivity index (χ2v) is 10.3. The third kappa shape index (κ3) is 7.03. The summed E-state index contributed by atoms with van der Waals surface area (Å²) in [7, 11) is 1.54. The summed E-state index contributed by atoms with van der Waals surface area (Å²) in [5.74, 6) is -1.35. The minimum absolute atomic E-state index is 0.00891. The number of benzene rings is 4. The molecule has 1 aromatic heterocycles. The van der Waals surface area contributed by atoms with Gasteiger partial charge in [0, 0.05) is 17.7 Å². The Bertz CT molecular complexity index is 2110. The third-order valence-electron chi connectivity index (χ3n) is 7.04. The summed E-state index contributed by atoms with van der Waals surface area (Å²) < 4.78 is 5.21. The van der Waals surface area contributed by atoms with Crippen molar-refractivity contribution in [2.45, 2.75) is 0 Å². The number of amides is 1. The standard InChI is InChI=1S/C32H24N10O8/c1-50-22-11-7-18(8-12-22)15-25-29(45)40(28(33-25)19-5-3-2-4-6-19)39-32-37-30(34-23-13-9-20(41(46)47)16-26(23)43)36-31(38-32)35-24-14-10-21(42(48)49)17-27(24)44/h2-17,43-44H,1H3,(H3,34,35,36,37,38,39)/b25-15+. The van der Waals surface area contributed by atoms with Crippen LogP contribution in [0.1, 0.15) is 11.1 Å². The van der Waals surface area contributed by atoms with E-state index in [2.05, 4.69) is 36.0 Å². The average molecular weight is 677 g/mol. The van der Waals surface area contributed by atoms with Crippen LogP contribution in [0.25, 0.3) is 6.08 Å². The lowest BCUT2D eigenvalue weighted by Crippen LogP contribution is -2.38. The number of anilines is 5. The maximum atomic E-state index is 13.8. The number of hydrazine groups is 1. The Morgan fingerprint density at radius 3 is 1.80 bits per heavy atom. The molecule has 18 nitrogen and oxygen atoms in total. The number of hydrogen-bond acceptors (Lipinski definition) is 15. The molecular weight excluding hydrogens is 652 g/mol. The van der Waals surface area contributed by atoms with Crippen molar-refractivity contribution < 1.29 is 29.6 Å². The Balaban J connectivity index is 1.38. The number of rotatable bonds is 11. The van der Waals surface area contributed by atoms with Crippen molar-refractivity contribution in [2.24, 2.45) is 4.99 Å². The Morgan fingerprint density at radius 1 is 0.760 bits per heavy atom. The molecule has 6 rings (SSSR count). The first kappa shape index (κ1) is 32.3. The van der Waals surface area contributed by atoms with Gasteiger partial charge >= 0.3 is 0 Å². The number of amidine groups is 1. The van der Waals surface area contributed by atoms with Gasteiger partial charge in [0.15, 0.2) is 5.84 Å². The molecule has 1 amide bonds. The van der Waals surface area contributed by atoms with Crippen LogP contribution in [-0.2, 0) is 4.79 Å². The number of nitro benzene ring substituents is 2. The molecule has 250 valence electrons. The summed E-state index contributed by atoms with van der Waals surface area (Å²) in [4.78, 5) is 52.2. The number of aromatic nitrogens is 3. The van der Waals surface area contributed by atoms with Gasteiger partial charge in [0.1, 0.15) is 22.9 Å². The molecule has 1 aliphatic heterocycles. The lowest BCUT2D eigenvalue weighted by atomic mass is 10.2. The summed E-state index contributed by atoms with van der Waals surface area (Å²) >= 11 is 0. The number of carbonyl (C=O) groups excluding carboxylic acids is 1. The topological polar surface area (TPSA) is 243 Å². The number of nitrogens with one attached hydrogen (secondary N) is 3. The monoisotopic (exact) mass is 676 g/mol. The quantitative estimate of drug-likeness (QED) is 0.0519. The zero-order valence-electron chi connectivity index (χ0n) is 25.7. The van der Waals surface area contributed by atoms with Gasteiger partial charge in [0.05, 0.1) is 40.5 Å². The Labute approximate surface area is 281 Å². The molecular formula is C32H24N10O8. The van der Waals surface area contributed by atoms with Crippen LogP contribution < -0.4 is 20.8 Å². The first-order valence-corrected chi connectivity index (χ1v) is 14.4. The highest BCUT2D eigenvalue weighted by Gasteiger charge is 2.32. The predicted octanol–water partition coefficient (Wildman–Crippen LogP) is 5.25. The van der Waals surface area contributed by atoms with Crippen LogP contribution >= 0.6 is 0 Å². The van der Waals surface area contributed by atoms with Gasteiger partial charge in [-0.15, -0.1) is 0 Å². The SMILES string of the molecule is COc1ccc(/C=C2/N=C(c3ccccc3)N(Nc3nc(Nc4ccc([N+](=O)[O-])cc4O)nc(Nc4ccc([N+](=O)[O-])cc4O)n3)C2=O)cc1. The number of non-ortho nitro benzene ring substituents is 2. The molecule has 5 aromatic rings. The van der Waals surface area contributed by atoms with Crippen molar-refractivity contribution in [1.29, 1.82) is 0 Å². The number of nitrogens with zero attached hydrogens (tertiary/aromatic N) is 7. The van der Waals surface area contributed by atoms with Crippen LogP contribution in [-0.4, -0.2) is 58.9 Å². The van der Waals surface area contributed by atoms with Crippen LogP contribution in [0.4, 0.5) is 40.6 Å². The molecule has 50 heavy (non-hydrogen) atoms. The second-order valence-electron chi connectivity index (χ2n) is 10.3. The molecule has 0 bridgehead atoms. The lowest BCUT2D eigenvalue weighted by molar-refractivity contribution is -0.385. The van der Waals surface area contributed by atoms with Crippen molar-refractivity contribution in [3.8, 4) is 17.2 Å². The van der Waals surface area contributed by atoms with Gasteiger partial charge in [0.25, 0.3) is 17.3 Å². The Morgan fingerprint density at radius 2 is 1.30 bits per heavy atom. The largest absolute Gasteiger partial charge is 0.506 e. The van der Waals surface area contributed by atoms with E-state index in [9.17, 15) is 35.2 Å². The number of methoxy groups -OCH3 is 1. The number of phenols is 2. The molecule has 5 N–H and O–H groups in total. The summed E-state index contributed by atoms with van der Waals surface area (Å²) in [5.41, 5.74) is 3.44. The fraction of sp³-hybridized carbons (Fsp3) is 0.0312. The predicted molar refractivity (Wildman–Crippen MR) is 180 cm³/mol. The number of ether oxygens (including phenoxy) is 1. The summed E-state index contributed by atoms with van der Waals surface area (Å²) in [6.45, 7) is 0. The van der Waals surface area contributed by atoms with Gasteiger partial charge in [-0.2, -0.15) is 20.0 Å². The zero-order valence-corrected chi connectivity index (χ0v) is 25.7. The van der Waals surface area contributed by atoms with Crippen molar-refractivity contribution in [3.05, 3.63) is 128 Å². The fourth-order valence-corrected chi connectivity index (χ4v) is 4.62. The molecule has 0 spiro atoms. The van der Waals surface area contributed by atoms with E-state index in [-0.39, 0.29) is 52.1 Å². The van der Waals surface area contributed by atoms with E-state index in [0.29, 0.717) is 16.9 Å². The average Bonchev–Trinajstić information content (AvgIpc) is 3.40. The van der Waals surface area contributed by atoms with E-state index < -0.39 is 27.3 Å². The van der Waals surface area contributed by atoms with E-state index in [1.165, 1.54) is 12.1 Å². The van der Waals surface area contributed by atoms with Crippen LogP contribution in [0.15, 0.2) is 102 Å². The number of aromatic hydroxyl groups is 2. The third-order valence-corrected chi connectivity index (χ3v) is 7.04. The molecule has 0 atom stereocenters. The number of carbonyl (C=O) groups is 1. The van der Waals surface area contributed by atoms with Crippen molar-refractivity contribution >= 4 is 58.4 Å². The molecule has 4 aromatic carbocycles. The highest BCUT2D eigenvalue weighted by atomic mass is 16.6. The van der Waals surface area contributed by atoms with E-state index in [1.54, 1.807) is 67.8 Å². The summed E-state index contributed by atoms with van der Waals surface area (Å²) in [6, 6.07) is 22.5. The molecule has 1 aliphatic rings. The van der Waals surface area contributed by atoms with Crippen LogP contribution in [0.2, 0.25) is 0 Å². The molecule has 2 heterocycles. The number of hydrogen-bond donors (Lipinski definition) is 5. The van der Waals surface area contributed by atoms with Crippen LogP contribution in [0, 0.1) is 20.2 Å². The minimum atomic E-state index is -0.677. The maximum absolute atomic E-state index is 13.8. The van der Waals surface area contributed by atoms with Crippen molar-refractivity contribution in [3.63, 3.8) is 0 Å². The van der Waals surface area contributed by atoms with E-state index in [4.69, 9.17) is 4.74 Å². The summed E-state index contributed by atoms with van der Waals surface area (Å²) in [5, 5.41) is 49.8. The molecule has 18 heteroatoms. The molecule has 0 radical (unpaired) electrons. The number of nitro groups is 2. The van der Waals surface area contributed by atoms with Crippen LogP contribution in [0.5, 0.6) is 17.2 Å². The molecule has 0 saturated carbocycles. The molecule has 0 unspecified atom stereocenters. The Kier molecular flexibility index (Phi) is 8.80. The molecule has 0 fully saturated rings. The minimum Gasteiger partial charge on any atom is -0.506 e. The van der Waals surface area contributed by atoms with Crippen molar-refractivity contribution in [2.75, 3.05) is 23.2 Å². The first-order valence-electron chi connectivity index (χ1n) is 14.4. The molecule has 0 aliphatic carbocycles. The first-order chi connectivity index (χ1) is 24.1. The maximum Gasteiger partial charge on any atom is 0.297 e. The van der Waals surface area contributed by atoms with Gasteiger partial charge in [-0.25, -0.2) is 4.99 Å². The highest BCUT2D eigenvalue weighted by molar-refractivity contribution is 6.20. The van der Waals surface area contributed by atoms with Gasteiger partial charge in [-0.3, -0.25) is 30.4 Å². The van der Waals surface area contributed by atoms with E-state index >= 15 is 0 Å². The number of aliphatic imine (C=N–C) groups is 1. The second kappa shape index (κ2) is 13.6. The Hall–Kier alpha value is -7.63. The smallest absolute Gasteiger partial charge is 0.297 e. The van der Waals surface area contributed by atoms with Gasteiger partial charge in [-0.05, 0) is 35.9 Å². The van der Waals surface area contributed by atoms with Gasteiger partial charge in [-0.1, -0.05) is 42.5 Å². The van der Waals surface area contributed by atoms with Gasteiger partial charge in [0.2, 0.25) is 17.8 Å². The van der Waals surface area contributed by atoms with E-state index in [1.807, 2.05) is 0 Å². The van der Waals surface area contributed by atoms with Gasteiger partial charge < -0.3 is 25.6 Å². The highest BCUT2D eigenvalue weighted by Crippen LogP contribution is 2.33. The summed E-state index contributed by atoms with van der Waals surface area (Å²) in [6.07, 6.45) is 1.59. The molecule has 0 saturated heterocycles. The lowest BCUT2D eigenvalue weighted by Gasteiger charge is -2.20. The zero-order chi connectivity index (χ0) is 35.4. The van der Waals surface area contributed by atoms with E-state index in [0.717, 1.165) is 29.3 Å².